The molecule has 4 nitrogen and oxygen atoms in total. The van der Waals surface area contributed by atoms with Gasteiger partial charge >= 0.3 is 0 Å². The maximum Gasteiger partial charge on any atom is 0.144 e. The molecule has 6 heteroatoms. The summed E-state index contributed by atoms with van der Waals surface area (Å²) in [7, 11) is 1.66. The number of pyridine rings is 1. The van der Waals surface area contributed by atoms with Crippen molar-refractivity contribution in [1.82, 2.24) is 4.98 Å². The van der Waals surface area contributed by atoms with E-state index < -0.39 is 11.4 Å². The average molecular weight is 361 g/mol. The molecule has 2 unspecified atom stereocenters. The normalized spacial score (nSPS) is 15.5. The van der Waals surface area contributed by atoms with Crippen molar-refractivity contribution in [2.24, 2.45) is 4.40 Å². The van der Waals surface area contributed by atoms with Gasteiger partial charge in [0.25, 0.3) is 0 Å². The molecule has 0 spiro atoms. The predicted octanol–water partition coefficient (Wildman–Crippen LogP) is 3.84. The minimum Gasteiger partial charge on any atom is -0.591 e. The predicted molar refractivity (Wildman–Crippen MR) is 87.3 cm³/mol. The van der Waals surface area contributed by atoms with Crippen LogP contribution in [0.3, 0.4) is 0 Å². The summed E-state index contributed by atoms with van der Waals surface area (Å²) in [5.41, 5.74) is 0.882. The molecule has 1 aromatic rings. The van der Waals surface area contributed by atoms with E-state index in [1.807, 2.05) is 39.0 Å². The van der Waals surface area contributed by atoms with Crippen molar-refractivity contribution in [1.29, 1.82) is 0 Å². The van der Waals surface area contributed by atoms with Gasteiger partial charge in [-0.3, -0.25) is 0 Å². The molecule has 0 N–H and O–H groups in total. The molecule has 0 aliphatic rings. The van der Waals surface area contributed by atoms with Crippen molar-refractivity contribution < 1.29 is 9.29 Å². The lowest BCUT2D eigenvalue weighted by atomic mass is 10.1. The summed E-state index contributed by atoms with van der Waals surface area (Å²) in [5.74, 6) is 0. The van der Waals surface area contributed by atoms with E-state index in [-0.39, 0.29) is 10.9 Å². The van der Waals surface area contributed by atoms with Crippen LogP contribution in [0.1, 0.15) is 45.4 Å². The first-order valence-corrected chi connectivity index (χ1v) is 8.34. The molecule has 0 aromatic carbocycles. The fraction of sp³-hybridized carbons (Fsp3) is 0.571. The van der Waals surface area contributed by atoms with Crippen molar-refractivity contribution in [3.05, 3.63) is 28.5 Å². The maximum atomic E-state index is 11.8. The summed E-state index contributed by atoms with van der Waals surface area (Å²) in [6, 6.07) is 5.74. The van der Waals surface area contributed by atoms with Crippen molar-refractivity contribution in [3.8, 4) is 0 Å². The topological polar surface area (TPSA) is 57.5 Å². The summed E-state index contributed by atoms with van der Waals surface area (Å²) >= 11 is 2.15. The Morgan fingerprint density at radius 3 is 2.75 bits per heavy atom. The van der Waals surface area contributed by atoms with Crippen molar-refractivity contribution in [3.63, 3.8) is 0 Å². The van der Waals surface area contributed by atoms with Crippen molar-refractivity contribution >= 4 is 33.5 Å². The van der Waals surface area contributed by atoms with E-state index in [2.05, 4.69) is 25.3 Å². The molecule has 0 bridgehead atoms. The zero-order valence-electron chi connectivity index (χ0n) is 12.3. The highest BCUT2D eigenvalue weighted by Crippen LogP contribution is 2.22. The summed E-state index contributed by atoms with van der Waals surface area (Å²) in [5, 5.41) is 0. The molecule has 0 saturated heterocycles. The van der Waals surface area contributed by atoms with Crippen LogP contribution < -0.4 is 0 Å². The second-order valence-corrected chi connectivity index (χ2v) is 8.08. The van der Waals surface area contributed by atoms with Crippen LogP contribution in [0.4, 0.5) is 0 Å². The minimum atomic E-state index is -1.20. The van der Waals surface area contributed by atoms with E-state index in [0.717, 1.165) is 16.7 Å². The van der Waals surface area contributed by atoms with Crippen molar-refractivity contribution in [2.45, 2.75) is 44.5 Å². The largest absolute Gasteiger partial charge is 0.591 e. The van der Waals surface area contributed by atoms with E-state index in [4.69, 9.17) is 4.74 Å². The van der Waals surface area contributed by atoms with Crippen molar-refractivity contribution in [2.75, 3.05) is 7.11 Å². The number of aromatic nitrogens is 1. The van der Waals surface area contributed by atoms with E-state index in [9.17, 15) is 4.55 Å². The molecule has 0 saturated carbocycles. The lowest BCUT2D eigenvalue weighted by Gasteiger charge is -2.18. The molecule has 0 aliphatic carbocycles. The van der Waals surface area contributed by atoms with E-state index in [1.165, 1.54) is 0 Å². The van der Waals surface area contributed by atoms with Gasteiger partial charge in [-0.2, -0.15) is 0 Å². The monoisotopic (exact) mass is 360 g/mol. The first-order valence-electron chi connectivity index (χ1n) is 6.44. The second-order valence-electron chi connectivity index (χ2n) is 5.34. The molecule has 112 valence electrons. The van der Waals surface area contributed by atoms with Crippen LogP contribution in [0.25, 0.3) is 0 Å². The van der Waals surface area contributed by atoms with Gasteiger partial charge in [0.2, 0.25) is 0 Å². The van der Waals surface area contributed by atoms with Gasteiger partial charge in [-0.05, 0) is 61.7 Å². The molecular formula is C14H21BrN2O2S. The number of rotatable bonds is 6. The van der Waals surface area contributed by atoms with Gasteiger partial charge in [0.15, 0.2) is 0 Å². The van der Waals surface area contributed by atoms with E-state index in [0.29, 0.717) is 6.42 Å². The molecule has 0 fully saturated rings. The first-order chi connectivity index (χ1) is 9.34. The van der Waals surface area contributed by atoms with Crippen LogP contribution in [0.5, 0.6) is 0 Å². The minimum absolute atomic E-state index is 0.0815. The Morgan fingerprint density at radius 1 is 1.50 bits per heavy atom. The summed E-state index contributed by atoms with van der Waals surface area (Å²) in [4.78, 5) is 4.38. The Kier molecular flexibility index (Phi) is 7.15. The number of hydrogen-bond donors (Lipinski definition) is 0. The maximum absolute atomic E-state index is 11.8. The quantitative estimate of drug-likeness (QED) is 0.439. The van der Waals surface area contributed by atoms with Gasteiger partial charge in [-0.25, -0.2) is 4.98 Å². The van der Waals surface area contributed by atoms with E-state index >= 15 is 0 Å². The van der Waals surface area contributed by atoms with Crippen LogP contribution >= 0.6 is 15.9 Å². The molecule has 0 radical (unpaired) electrons. The van der Waals surface area contributed by atoms with Gasteiger partial charge in [0.05, 0.1) is 18.0 Å². The van der Waals surface area contributed by atoms with Gasteiger partial charge in [0, 0.05) is 7.11 Å². The van der Waals surface area contributed by atoms with Crippen LogP contribution in [0, 0.1) is 0 Å². The fourth-order valence-corrected chi connectivity index (χ4v) is 2.41. The number of hydrogen-bond acceptors (Lipinski definition) is 4. The number of nitrogens with zero attached hydrogens (tertiary/aromatic N) is 2. The molecule has 0 amide bonds. The molecule has 1 aromatic heterocycles. The zero-order chi connectivity index (χ0) is 15.2. The fourth-order valence-electron chi connectivity index (χ4n) is 1.49. The molecule has 0 aliphatic heterocycles. The molecular weight excluding hydrogens is 340 g/mol. The molecule has 1 rings (SSSR count). The standard InChI is InChI=1S/C14H21BrN2O2S/c1-14(2,3)20(18)16-10-6-8-12(19-4)11-7-5-9-13(15)17-11/h5,7,9-10,12H,6,8H2,1-4H3. The van der Waals surface area contributed by atoms with Gasteiger partial charge in [0.1, 0.15) is 20.7 Å². The van der Waals surface area contributed by atoms with Crippen LogP contribution in [0.2, 0.25) is 0 Å². The first kappa shape index (κ1) is 17.6. The van der Waals surface area contributed by atoms with E-state index in [1.54, 1.807) is 13.3 Å². The Labute approximate surface area is 132 Å². The number of halogens is 1. The highest BCUT2D eigenvalue weighted by atomic mass is 79.9. The Morgan fingerprint density at radius 2 is 2.20 bits per heavy atom. The smallest absolute Gasteiger partial charge is 0.144 e. The molecule has 1 heterocycles. The molecule has 2 atom stereocenters. The lowest BCUT2D eigenvalue weighted by molar-refractivity contribution is 0.0940. The summed E-state index contributed by atoms with van der Waals surface area (Å²) < 4.78 is 21.8. The van der Waals surface area contributed by atoms with Gasteiger partial charge in [-0.15, -0.1) is 0 Å². The molecule has 20 heavy (non-hydrogen) atoms. The van der Waals surface area contributed by atoms with Crippen LogP contribution in [-0.2, 0) is 16.1 Å². The Hall–Kier alpha value is -0.430. The average Bonchev–Trinajstić information content (AvgIpc) is 2.37. The van der Waals surface area contributed by atoms with Gasteiger partial charge < -0.3 is 9.29 Å². The Balaban J connectivity index is 2.53. The Bertz CT molecular complexity index is 449. The van der Waals surface area contributed by atoms with Crippen LogP contribution in [0.15, 0.2) is 27.2 Å². The lowest BCUT2D eigenvalue weighted by Crippen LogP contribution is -2.25. The number of ether oxygens (including phenoxy) is 1. The SMILES string of the molecule is COC(CCC=N[S+]([O-])C(C)(C)C)c1cccc(Br)n1. The summed E-state index contributed by atoms with van der Waals surface area (Å²) in [6.45, 7) is 5.72. The third-order valence-electron chi connectivity index (χ3n) is 2.60. The zero-order valence-corrected chi connectivity index (χ0v) is 14.7. The van der Waals surface area contributed by atoms with Crippen LogP contribution in [-0.4, -0.2) is 27.6 Å². The number of methoxy groups -OCH3 is 1. The summed E-state index contributed by atoms with van der Waals surface area (Å²) in [6.07, 6.45) is 3.09. The highest BCUT2D eigenvalue weighted by molar-refractivity contribution is 9.10. The van der Waals surface area contributed by atoms with Gasteiger partial charge in [-0.1, -0.05) is 10.5 Å². The third kappa shape index (κ3) is 5.91. The third-order valence-corrected chi connectivity index (χ3v) is 4.43. The second kappa shape index (κ2) is 8.12. The highest BCUT2D eigenvalue weighted by Gasteiger charge is 2.25.